The normalized spacial score (nSPS) is 11.3. The number of pyridine rings is 2. The molecule has 10 aromatic rings. The highest BCUT2D eigenvalue weighted by Crippen LogP contribution is 2.41. The smallest absolute Gasteiger partial charge is 0.160 e. The molecule has 252 valence electrons. The standard InChI is InChI=1S/C50H32N4/c1-3-14-33(15-4-1)35-25-26-45-43(32-35)49(34-16-5-2-6-17-34)54-50(53-45)40-30-38(44-23-13-24-47(52-44)46-22-11-12-27-51-46)29-39(31-40)48-41-20-9-7-18-36(41)28-37-19-8-10-21-42(37)48/h1-32H. The van der Waals surface area contributed by atoms with E-state index in [-0.39, 0.29) is 0 Å². The van der Waals surface area contributed by atoms with E-state index in [4.69, 9.17) is 15.0 Å². The van der Waals surface area contributed by atoms with Gasteiger partial charge < -0.3 is 0 Å². The van der Waals surface area contributed by atoms with Gasteiger partial charge >= 0.3 is 0 Å². The van der Waals surface area contributed by atoms with Gasteiger partial charge in [-0.1, -0.05) is 127 Å². The van der Waals surface area contributed by atoms with E-state index in [1.807, 2.05) is 36.4 Å². The van der Waals surface area contributed by atoms with Crippen LogP contribution in [0.4, 0.5) is 0 Å². The summed E-state index contributed by atoms with van der Waals surface area (Å²) in [6.45, 7) is 0. The van der Waals surface area contributed by atoms with Gasteiger partial charge in [-0.15, -0.1) is 0 Å². The van der Waals surface area contributed by atoms with Crippen molar-refractivity contribution >= 4 is 32.4 Å². The minimum absolute atomic E-state index is 0.655. The molecule has 0 amide bonds. The highest BCUT2D eigenvalue weighted by atomic mass is 14.9. The number of rotatable bonds is 6. The Morgan fingerprint density at radius 2 is 0.944 bits per heavy atom. The Hall–Kier alpha value is -7.30. The van der Waals surface area contributed by atoms with Gasteiger partial charge in [-0.25, -0.2) is 15.0 Å². The fourth-order valence-corrected chi connectivity index (χ4v) is 7.51. The molecular weight excluding hydrogens is 657 g/mol. The lowest BCUT2D eigenvalue weighted by atomic mass is 9.89. The SMILES string of the molecule is c1ccc(-c2ccc3nc(-c4cc(-c5cccc(-c6ccccn6)n5)cc(-c5c6ccccc6cc6ccccc56)c4)nc(-c4ccccc4)c3c2)cc1. The first kappa shape index (κ1) is 31.4. The third-order valence-corrected chi connectivity index (χ3v) is 10.1. The average molecular weight is 689 g/mol. The second-order valence-electron chi connectivity index (χ2n) is 13.5. The van der Waals surface area contributed by atoms with Crippen LogP contribution in [0.3, 0.4) is 0 Å². The van der Waals surface area contributed by atoms with Gasteiger partial charge in [0.05, 0.1) is 28.3 Å². The summed E-state index contributed by atoms with van der Waals surface area (Å²) in [5.41, 5.74) is 11.7. The molecule has 0 saturated heterocycles. The summed E-state index contributed by atoms with van der Waals surface area (Å²) in [6, 6.07) is 65.6. The molecule has 54 heavy (non-hydrogen) atoms. The van der Waals surface area contributed by atoms with Crippen LogP contribution in [0.25, 0.3) is 100.0 Å². The third kappa shape index (κ3) is 5.76. The van der Waals surface area contributed by atoms with E-state index in [0.717, 1.165) is 67.1 Å². The molecule has 0 N–H and O–H groups in total. The second kappa shape index (κ2) is 13.4. The fraction of sp³-hybridized carbons (Fsp3) is 0. The van der Waals surface area contributed by atoms with Crippen molar-refractivity contribution in [2.45, 2.75) is 0 Å². The summed E-state index contributed by atoms with van der Waals surface area (Å²) < 4.78 is 0. The lowest BCUT2D eigenvalue weighted by Gasteiger charge is -2.16. The number of hydrogen-bond donors (Lipinski definition) is 0. The van der Waals surface area contributed by atoms with Crippen LogP contribution in [-0.4, -0.2) is 19.9 Å². The van der Waals surface area contributed by atoms with Crippen LogP contribution in [0.2, 0.25) is 0 Å². The summed E-state index contributed by atoms with van der Waals surface area (Å²) in [5.74, 6) is 0.655. The lowest BCUT2D eigenvalue weighted by Crippen LogP contribution is -1.97. The molecule has 0 aliphatic rings. The molecular formula is C50H32N4. The molecule has 0 radical (unpaired) electrons. The van der Waals surface area contributed by atoms with Crippen molar-refractivity contribution in [2.75, 3.05) is 0 Å². The van der Waals surface area contributed by atoms with Crippen LogP contribution in [-0.2, 0) is 0 Å². The molecule has 0 spiro atoms. The molecule has 3 heterocycles. The van der Waals surface area contributed by atoms with Gasteiger partial charge in [0.25, 0.3) is 0 Å². The van der Waals surface area contributed by atoms with Crippen molar-refractivity contribution in [3.8, 4) is 67.5 Å². The second-order valence-corrected chi connectivity index (χ2v) is 13.5. The van der Waals surface area contributed by atoms with Gasteiger partial charge in [0.1, 0.15) is 0 Å². The molecule has 4 nitrogen and oxygen atoms in total. The Morgan fingerprint density at radius 3 is 1.69 bits per heavy atom. The van der Waals surface area contributed by atoms with Gasteiger partial charge in [0.15, 0.2) is 5.82 Å². The lowest BCUT2D eigenvalue weighted by molar-refractivity contribution is 1.22. The van der Waals surface area contributed by atoms with E-state index < -0.39 is 0 Å². The molecule has 0 aliphatic carbocycles. The Kier molecular flexibility index (Phi) is 7.77. The van der Waals surface area contributed by atoms with Crippen molar-refractivity contribution < 1.29 is 0 Å². The van der Waals surface area contributed by atoms with Gasteiger partial charge in [0, 0.05) is 28.3 Å². The van der Waals surface area contributed by atoms with Crippen molar-refractivity contribution in [2.24, 2.45) is 0 Å². The van der Waals surface area contributed by atoms with E-state index in [1.54, 1.807) is 6.20 Å². The Morgan fingerprint density at radius 1 is 0.315 bits per heavy atom. The van der Waals surface area contributed by atoms with E-state index in [1.165, 1.54) is 27.1 Å². The van der Waals surface area contributed by atoms with Gasteiger partial charge in [0.2, 0.25) is 0 Å². The average Bonchev–Trinajstić information content (AvgIpc) is 3.25. The van der Waals surface area contributed by atoms with Crippen LogP contribution in [0.15, 0.2) is 194 Å². The maximum absolute atomic E-state index is 5.39. The molecule has 3 aromatic heterocycles. The van der Waals surface area contributed by atoms with Crippen LogP contribution in [0.5, 0.6) is 0 Å². The van der Waals surface area contributed by atoms with Crippen LogP contribution >= 0.6 is 0 Å². The third-order valence-electron chi connectivity index (χ3n) is 10.1. The number of hydrogen-bond acceptors (Lipinski definition) is 4. The summed E-state index contributed by atoms with van der Waals surface area (Å²) in [6.07, 6.45) is 1.80. The Bertz CT molecular complexity index is 2920. The van der Waals surface area contributed by atoms with Crippen LogP contribution in [0, 0.1) is 0 Å². The summed E-state index contributed by atoms with van der Waals surface area (Å²) in [7, 11) is 0. The zero-order valence-electron chi connectivity index (χ0n) is 29.3. The predicted molar refractivity (Wildman–Crippen MR) is 223 cm³/mol. The molecule has 7 aromatic carbocycles. The highest BCUT2D eigenvalue weighted by Gasteiger charge is 2.18. The molecule has 10 rings (SSSR count). The van der Waals surface area contributed by atoms with Crippen molar-refractivity contribution in [3.63, 3.8) is 0 Å². The molecule has 0 bridgehead atoms. The van der Waals surface area contributed by atoms with Gasteiger partial charge in [-0.2, -0.15) is 0 Å². The molecule has 0 saturated carbocycles. The number of nitrogens with zero attached hydrogens (tertiary/aromatic N) is 4. The zero-order chi connectivity index (χ0) is 35.8. The maximum atomic E-state index is 5.39. The quantitative estimate of drug-likeness (QED) is 0.163. The first-order valence-corrected chi connectivity index (χ1v) is 18.1. The van der Waals surface area contributed by atoms with Crippen molar-refractivity contribution in [1.82, 2.24) is 19.9 Å². The fourth-order valence-electron chi connectivity index (χ4n) is 7.51. The van der Waals surface area contributed by atoms with Crippen LogP contribution < -0.4 is 0 Å². The first-order chi connectivity index (χ1) is 26.7. The van der Waals surface area contributed by atoms with Gasteiger partial charge in [-0.05, 0) is 104 Å². The number of benzene rings is 7. The largest absolute Gasteiger partial charge is 0.255 e. The van der Waals surface area contributed by atoms with E-state index in [9.17, 15) is 0 Å². The maximum Gasteiger partial charge on any atom is 0.160 e. The van der Waals surface area contributed by atoms with Gasteiger partial charge in [-0.3, -0.25) is 4.98 Å². The monoisotopic (exact) mass is 688 g/mol. The first-order valence-electron chi connectivity index (χ1n) is 18.1. The molecule has 0 aliphatic heterocycles. The number of aromatic nitrogens is 4. The van der Waals surface area contributed by atoms with E-state index in [2.05, 4.69) is 157 Å². The molecule has 0 unspecified atom stereocenters. The molecule has 0 fully saturated rings. The Balaban J connectivity index is 1.24. The summed E-state index contributed by atoms with van der Waals surface area (Å²) in [5, 5.41) is 5.76. The molecule has 4 heteroatoms. The summed E-state index contributed by atoms with van der Waals surface area (Å²) in [4.78, 5) is 20.4. The topological polar surface area (TPSA) is 51.6 Å². The van der Waals surface area contributed by atoms with E-state index in [0.29, 0.717) is 5.82 Å². The Labute approximate surface area is 313 Å². The van der Waals surface area contributed by atoms with Crippen molar-refractivity contribution in [1.29, 1.82) is 0 Å². The summed E-state index contributed by atoms with van der Waals surface area (Å²) >= 11 is 0. The van der Waals surface area contributed by atoms with E-state index >= 15 is 0 Å². The molecule has 0 atom stereocenters. The van der Waals surface area contributed by atoms with Crippen LogP contribution in [0.1, 0.15) is 0 Å². The minimum atomic E-state index is 0.655. The predicted octanol–water partition coefficient (Wildman–Crippen LogP) is 12.7. The highest BCUT2D eigenvalue weighted by molar-refractivity contribution is 6.13. The minimum Gasteiger partial charge on any atom is -0.255 e. The zero-order valence-corrected chi connectivity index (χ0v) is 29.3. The number of fused-ring (bicyclic) bond motifs is 3. The van der Waals surface area contributed by atoms with Crippen molar-refractivity contribution in [3.05, 3.63) is 194 Å².